The van der Waals surface area contributed by atoms with Gasteiger partial charge < -0.3 is 15.0 Å². The highest BCUT2D eigenvalue weighted by molar-refractivity contribution is 6.02. The molecule has 4 aromatic carbocycles. The summed E-state index contributed by atoms with van der Waals surface area (Å²) in [6.45, 7) is 4.77. The fourth-order valence-electron chi connectivity index (χ4n) is 5.70. The van der Waals surface area contributed by atoms with Crippen molar-refractivity contribution in [1.29, 1.82) is 0 Å². The van der Waals surface area contributed by atoms with Crippen LogP contribution in [0.4, 0.5) is 0 Å². The van der Waals surface area contributed by atoms with E-state index < -0.39 is 5.97 Å². The van der Waals surface area contributed by atoms with Gasteiger partial charge in [0.15, 0.2) is 0 Å². The summed E-state index contributed by atoms with van der Waals surface area (Å²) in [4.78, 5) is 25.3. The average Bonchev–Trinajstić information content (AvgIpc) is 3.21. The number of carboxylic acid groups (broad SMARTS) is 1. The van der Waals surface area contributed by atoms with Crippen LogP contribution in [0.2, 0.25) is 0 Å². The largest absolute Gasteiger partial charge is 0.478 e. The molecule has 1 amide bonds. The number of nitrogens with one attached hydrogen (secondary N) is 1. The van der Waals surface area contributed by atoms with E-state index in [1.807, 2.05) is 66.7 Å². The molecule has 1 aliphatic heterocycles. The summed E-state index contributed by atoms with van der Waals surface area (Å²) in [5.41, 5.74) is 8.89. The van der Waals surface area contributed by atoms with Crippen LogP contribution in [0.3, 0.4) is 0 Å². The molecule has 1 atom stereocenters. The third-order valence-corrected chi connectivity index (χ3v) is 7.60. The van der Waals surface area contributed by atoms with Crippen LogP contribution in [0.5, 0.6) is 0 Å². The van der Waals surface area contributed by atoms with E-state index in [4.69, 9.17) is 0 Å². The van der Waals surface area contributed by atoms with E-state index in [9.17, 15) is 14.7 Å². The molecule has 1 aliphatic rings. The first-order chi connectivity index (χ1) is 18.4. The number of fused-ring (bicyclic) bond motifs is 8. The monoisotopic (exact) mass is 500 g/mol. The minimum Gasteiger partial charge on any atom is -0.478 e. The molecule has 1 aromatic heterocycles. The first-order valence-electron chi connectivity index (χ1n) is 12.9. The number of carbonyl (C=O) groups is 2. The number of benzene rings is 4. The third kappa shape index (κ3) is 3.97. The van der Waals surface area contributed by atoms with Gasteiger partial charge in [0.2, 0.25) is 0 Å². The molecule has 0 saturated carbocycles. The van der Waals surface area contributed by atoms with E-state index in [2.05, 4.69) is 35.9 Å². The Morgan fingerprint density at radius 1 is 0.895 bits per heavy atom. The second kappa shape index (κ2) is 9.34. The first kappa shape index (κ1) is 23.7. The van der Waals surface area contributed by atoms with Crippen molar-refractivity contribution < 1.29 is 14.7 Å². The highest BCUT2D eigenvalue weighted by Crippen LogP contribution is 2.40. The molecule has 5 heteroatoms. The maximum absolute atomic E-state index is 13.3. The van der Waals surface area contributed by atoms with Crippen molar-refractivity contribution in [1.82, 2.24) is 9.88 Å². The number of carbonyl (C=O) groups excluding carboxylic acids is 1. The second-order valence-corrected chi connectivity index (χ2v) is 9.90. The van der Waals surface area contributed by atoms with Gasteiger partial charge in [-0.05, 0) is 83.1 Å². The molecule has 0 aliphatic carbocycles. The molecule has 0 saturated heterocycles. The fourth-order valence-corrected chi connectivity index (χ4v) is 5.70. The highest BCUT2D eigenvalue weighted by atomic mass is 16.4. The summed E-state index contributed by atoms with van der Waals surface area (Å²) in [7, 11) is 0. The van der Waals surface area contributed by atoms with Crippen molar-refractivity contribution in [3.63, 3.8) is 0 Å². The lowest BCUT2D eigenvalue weighted by Gasteiger charge is -2.20. The Morgan fingerprint density at radius 3 is 2.39 bits per heavy atom. The molecule has 0 spiro atoms. The topological polar surface area (TPSA) is 71.3 Å². The van der Waals surface area contributed by atoms with Gasteiger partial charge in [-0.15, -0.1) is 0 Å². The minimum absolute atomic E-state index is 0.0663. The molecular weight excluding hydrogens is 472 g/mol. The molecule has 0 fully saturated rings. The zero-order valence-electron chi connectivity index (χ0n) is 21.4. The van der Waals surface area contributed by atoms with Crippen molar-refractivity contribution in [3.05, 3.63) is 119 Å². The SMILES string of the molecule is CC[C@H](NC(=O)c1ccc2c(c1)c(C)c1n2Cc2ccccc2-c2cc(C(=O)O)cc-1c2)c1ccccc1. The number of carboxylic acids is 1. The lowest BCUT2D eigenvalue weighted by molar-refractivity contribution is 0.0696. The lowest BCUT2D eigenvalue weighted by atomic mass is 9.92. The molecule has 5 aromatic rings. The third-order valence-electron chi connectivity index (χ3n) is 7.60. The van der Waals surface area contributed by atoms with Crippen LogP contribution in [0.25, 0.3) is 33.3 Å². The van der Waals surface area contributed by atoms with Gasteiger partial charge in [-0.25, -0.2) is 4.79 Å². The Balaban J connectivity index is 1.48. The van der Waals surface area contributed by atoms with Crippen LogP contribution < -0.4 is 5.32 Å². The minimum atomic E-state index is -0.950. The number of rotatable bonds is 5. The second-order valence-electron chi connectivity index (χ2n) is 9.90. The fraction of sp³-hybridized carbons (Fsp3) is 0.152. The zero-order valence-corrected chi connectivity index (χ0v) is 21.4. The molecular formula is C33H28N2O3. The summed E-state index contributed by atoms with van der Waals surface area (Å²) in [6, 6.07) is 29.5. The van der Waals surface area contributed by atoms with E-state index in [0.717, 1.165) is 56.4 Å². The molecule has 6 rings (SSSR count). The van der Waals surface area contributed by atoms with Gasteiger partial charge in [-0.2, -0.15) is 0 Å². The van der Waals surface area contributed by atoms with E-state index in [0.29, 0.717) is 12.1 Å². The van der Waals surface area contributed by atoms with Crippen molar-refractivity contribution in [2.75, 3.05) is 0 Å². The van der Waals surface area contributed by atoms with Gasteiger partial charge in [0.25, 0.3) is 5.91 Å². The van der Waals surface area contributed by atoms with E-state index in [-0.39, 0.29) is 17.5 Å². The maximum Gasteiger partial charge on any atom is 0.335 e. The number of amides is 1. The summed E-state index contributed by atoms with van der Waals surface area (Å²) >= 11 is 0. The van der Waals surface area contributed by atoms with Crippen LogP contribution >= 0.6 is 0 Å². The number of nitrogens with zero attached hydrogens (tertiary/aromatic N) is 1. The first-order valence-corrected chi connectivity index (χ1v) is 12.9. The van der Waals surface area contributed by atoms with Crippen molar-refractivity contribution in [2.24, 2.45) is 0 Å². The number of hydrogen-bond donors (Lipinski definition) is 2. The van der Waals surface area contributed by atoms with Gasteiger partial charge in [-0.1, -0.05) is 61.5 Å². The quantitative estimate of drug-likeness (QED) is 0.262. The molecule has 5 nitrogen and oxygen atoms in total. The molecule has 38 heavy (non-hydrogen) atoms. The lowest BCUT2D eigenvalue weighted by Crippen LogP contribution is -2.28. The van der Waals surface area contributed by atoms with Gasteiger partial charge in [0.1, 0.15) is 0 Å². The van der Waals surface area contributed by atoms with Crippen LogP contribution in [-0.4, -0.2) is 21.6 Å². The Morgan fingerprint density at radius 2 is 1.63 bits per heavy atom. The van der Waals surface area contributed by atoms with Gasteiger partial charge in [0.05, 0.1) is 17.3 Å². The molecule has 2 heterocycles. The van der Waals surface area contributed by atoms with E-state index in [1.165, 1.54) is 0 Å². The summed E-state index contributed by atoms with van der Waals surface area (Å²) in [6.07, 6.45) is 0.791. The summed E-state index contributed by atoms with van der Waals surface area (Å²) in [5.74, 6) is -1.06. The van der Waals surface area contributed by atoms with Crippen molar-refractivity contribution in [3.8, 4) is 22.4 Å². The molecule has 188 valence electrons. The Hall–Kier alpha value is -4.64. The van der Waals surface area contributed by atoms with Crippen LogP contribution in [0, 0.1) is 6.92 Å². The average molecular weight is 501 g/mol. The molecule has 0 radical (unpaired) electrons. The molecule has 2 N–H and O–H groups in total. The standard InChI is InChI=1S/C33H28N2O3/c1-3-29(21-9-5-4-6-10-21)34-32(36)22-13-14-30-28(18-22)20(2)31-25-15-24(16-26(17-25)33(37)38)27-12-8-7-11-23(27)19-35(30)31/h4-18,29H,3,19H2,1-2H3,(H,34,36)(H,37,38)/t29-/m0/s1. The van der Waals surface area contributed by atoms with Gasteiger partial charge in [-0.3, -0.25) is 4.79 Å². The normalized spacial score (nSPS) is 12.7. The van der Waals surface area contributed by atoms with E-state index in [1.54, 1.807) is 12.1 Å². The van der Waals surface area contributed by atoms with Crippen LogP contribution in [0.1, 0.15) is 56.8 Å². The molecule has 2 bridgehead atoms. The summed E-state index contributed by atoms with van der Waals surface area (Å²) in [5, 5.41) is 14.0. The zero-order chi connectivity index (χ0) is 26.4. The predicted molar refractivity (Wildman–Crippen MR) is 151 cm³/mol. The van der Waals surface area contributed by atoms with Crippen molar-refractivity contribution >= 4 is 22.8 Å². The molecule has 0 unspecified atom stereocenters. The Labute approximate surface area is 221 Å². The Bertz CT molecular complexity index is 1720. The number of aryl methyl sites for hydroxylation is 1. The van der Waals surface area contributed by atoms with Crippen LogP contribution in [-0.2, 0) is 6.54 Å². The number of hydrogen-bond acceptors (Lipinski definition) is 2. The van der Waals surface area contributed by atoms with Crippen molar-refractivity contribution in [2.45, 2.75) is 32.9 Å². The van der Waals surface area contributed by atoms with Gasteiger partial charge in [0, 0.05) is 23.0 Å². The van der Waals surface area contributed by atoms with Crippen LogP contribution in [0.15, 0.2) is 91.0 Å². The Kier molecular flexibility index (Phi) is 5.84. The smallest absolute Gasteiger partial charge is 0.335 e. The number of aromatic nitrogens is 1. The van der Waals surface area contributed by atoms with E-state index >= 15 is 0 Å². The highest BCUT2D eigenvalue weighted by Gasteiger charge is 2.23. The predicted octanol–water partition coefficient (Wildman–Crippen LogP) is 7.22. The van der Waals surface area contributed by atoms with Gasteiger partial charge >= 0.3 is 5.97 Å². The number of aromatic carboxylic acids is 1. The summed E-state index contributed by atoms with van der Waals surface area (Å²) < 4.78 is 2.24. The maximum atomic E-state index is 13.3.